The monoisotopic (exact) mass is 128 g/mol. The van der Waals surface area contributed by atoms with E-state index >= 15 is 0 Å². The van der Waals surface area contributed by atoms with Gasteiger partial charge in [-0.1, -0.05) is 13.8 Å². The van der Waals surface area contributed by atoms with Gasteiger partial charge in [-0.2, -0.15) is 0 Å². The number of esters is 1. The van der Waals surface area contributed by atoms with E-state index in [1.165, 1.54) is 7.11 Å². The lowest BCUT2D eigenvalue weighted by Crippen LogP contribution is -2.06. The van der Waals surface area contributed by atoms with Gasteiger partial charge in [0.1, 0.15) is 0 Å². The first-order valence-corrected chi connectivity index (χ1v) is 3.16. The van der Waals surface area contributed by atoms with Gasteiger partial charge in [-0.3, -0.25) is 4.79 Å². The molecule has 0 amide bonds. The molecular formula is C7H12O2. The van der Waals surface area contributed by atoms with Gasteiger partial charge in [0.25, 0.3) is 0 Å². The van der Waals surface area contributed by atoms with Gasteiger partial charge in [-0.15, -0.1) is 0 Å². The predicted octanol–water partition coefficient (Wildman–Crippen LogP) is 1.21. The summed E-state index contributed by atoms with van der Waals surface area (Å²) in [7, 11) is 1.44. The van der Waals surface area contributed by atoms with Gasteiger partial charge < -0.3 is 4.74 Å². The van der Waals surface area contributed by atoms with Crippen molar-refractivity contribution in [1.82, 2.24) is 0 Å². The van der Waals surface area contributed by atoms with Crippen LogP contribution in [0.5, 0.6) is 0 Å². The molecule has 2 heteroatoms. The Hall–Kier alpha value is -0.530. The van der Waals surface area contributed by atoms with Gasteiger partial charge in [0.15, 0.2) is 0 Å². The van der Waals surface area contributed by atoms with E-state index in [9.17, 15) is 4.79 Å². The highest BCUT2D eigenvalue weighted by molar-refractivity contribution is 5.76. The molecule has 1 fully saturated rings. The van der Waals surface area contributed by atoms with E-state index in [-0.39, 0.29) is 17.3 Å². The number of rotatable bonds is 1. The molecular weight excluding hydrogens is 116 g/mol. The largest absolute Gasteiger partial charge is 0.469 e. The summed E-state index contributed by atoms with van der Waals surface area (Å²) in [5.74, 6) is 0.113. The van der Waals surface area contributed by atoms with Crippen LogP contribution in [-0.2, 0) is 9.53 Å². The molecule has 2 nitrogen and oxygen atoms in total. The van der Waals surface area contributed by atoms with Crippen molar-refractivity contribution in [2.24, 2.45) is 11.3 Å². The van der Waals surface area contributed by atoms with E-state index in [1.807, 2.05) is 0 Å². The molecule has 0 saturated heterocycles. The average Bonchev–Trinajstić information content (AvgIpc) is 2.38. The number of methoxy groups -OCH3 is 1. The summed E-state index contributed by atoms with van der Waals surface area (Å²) in [5.41, 5.74) is 0.215. The SMILES string of the molecule is COC(=O)[C@H]1CC1(C)C. The maximum Gasteiger partial charge on any atom is 0.309 e. The van der Waals surface area contributed by atoms with Crippen LogP contribution in [0.1, 0.15) is 20.3 Å². The quantitative estimate of drug-likeness (QED) is 0.496. The molecule has 1 aliphatic rings. The van der Waals surface area contributed by atoms with Crippen LogP contribution in [-0.4, -0.2) is 13.1 Å². The number of ether oxygens (including phenoxy) is 1. The Labute approximate surface area is 55.2 Å². The molecule has 1 aliphatic carbocycles. The van der Waals surface area contributed by atoms with Gasteiger partial charge in [0, 0.05) is 0 Å². The van der Waals surface area contributed by atoms with Crippen molar-refractivity contribution in [3.05, 3.63) is 0 Å². The summed E-state index contributed by atoms with van der Waals surface area (Å²) < 4.78 is 4.57. The van der Waals surface area contributed by atoms with Gasteiger partial charge in [0.2, 0.25) is 0 Å². The Bertz CT molecular complexity index is 138. The fourth-order valence-corrected chi connectivity index (χ4v) is 1.01. The summed E-state index contributed by atoms with van der Waals surface area (Å²) in [6, 6.07) is 0. The van der Waals surface area contributed by atoms with E-state index in [1.54, 1.807) is 0 Å². The molecule has 1 rings (SSSR count). The summed E-state index contributed by atoms with van der Waals surface area (Å²) in [6.45, 7) is 4.16. The maximum atomic E-state index is 10.8. The van der Waals surface area contributed by atoms with E-state index < -0.39 is 0 Å². The average molecular weight is 128 g/mol. The van der Waals surface area contributed by atoms with Crippen molar-refractivity contribution in [3.63, 3.8) is 0 Å². The lowest BCUT2D eigenvalue weighted by Gasteiger charge is -1.98. The summed E-state index contributed by atoms with van der Waals surface area (Å²) in [6.07, 6.45) is 0.986. The molecule has 0 unspecified atom stereocenters. The highest BCUT2D eigenvalue weighted by atomic mass is 16.5. The minimum absolute atomic E-state index is 0.0556. The maximum absolute atomic E-state index is 10.8. The van der Waals surface area contributed by atoms with Crippen LogP contribution in [0, 0.1) is 11.3 Å². The third-order valence-electron chi connectivity index (χ3n) is 2.00. The van der Waals surface area contributed by atoms with Crippen LogP contribution in [0.15, 0.2) is 0 Å². The Balaban J connectivity index is 2.42. The minimum atomic E-state index is -0.0556. The summed E-state index contributed by atoms with van der Waals surface area (Å²) in [5, 5.41) is 0. The van der Waals surface area contributed by atoms with Crippen LogP contribution >= 0.6 is 0 Å². The van der Waals surface area contributed by atoms with Crippen LogP contribution in [0.3, 0.4) is 0 Å². The second-order valence-corrected chi connectivity index (χ2v) is 3.27. The van der Waals surface area contributed by atoms with Crippen LogP contribution in [0.4, 0.5) is 0 Å². The number of carbonyl (C=O) groups excluding carboxylic acids is 1. The van der Waals surface area contributed by atoms with Gasteiger partial charge in [0.05, 0.1) is 13.0 Å². The van der Waals surface area contributed by atoms with Gasteiger partial charge >= 0.3 is 5.97 Å². The lowest BCUT2D eigenvalue weighted by atomic mass is 10.1. The van der Waals surface area contributed by atoms with Crippen molar-refractivity contribution in [3.8, 4) is 0 Å². The third-order valence-corrected chi connectivity index (χ3v) is 2.00. The molecule has 0 aliphatic heterocycles. The normalized spacial score (nSPS) is 29.4. The van der Waals surface area contributed by atoms with Crippen LogP contribution < -0.4 is 0 Å². The molecule has 0 heterocycles. The molecule has 0 spiro atoms. The molecule has 9 heavy (non-hydrogen) atoms. The highest BCUT2D eigenvalue weighted by Gasteiger charge is 2.51. The standard InChI is InChI=1S/C7H12O2/c1-7(2)4-5(7)6(8)9-3/h5H,4H2,1-3H3/t5-/m1/s1. The first-order chi connectivity index (χ1) is 4.08. The molecule has 0 aromatic heterocycles. The second kappa shape index (κ2) is 1.72. The highest BCUT2D eigenvalue weighted by Crippen LogP contribution is 2.51. The van der Waals surface area contributed by atoms with Crippen LogP contribution in [0.25, 0.3) is 0 Å². The van der Waals surface area contributed by atoms with Gasteiger partial charge in [-0.05, 0) is 11.8 Å². The summed E-state index contributed by atoms with van der Waals surface area (Å²) >= 11 is 0. The number of hydrogen-bond acceptors (Lipinski definition) is 2. The Morgan fingerprint density at radius 2 is 2.11 bits per heavy atom. The van der Waals surface area contributed by atoms with Crippen molar-refractivity contribution in [2.45, 2.75) is 20.3 Å². The van der Waals surface area contributed by atoms with Crippen molar-refractivity contribution < 1.29 is 9.53 Å². The van der Waals surface area contributed by atoms with E-state index in [4.69, 9.17) is 0 Å². The molecule has 0 radical (unpaired) electrons. The topological polar surface area (TPSA) is 26.3 Å². The van der Waals surface area contributed by atoms with Crippen molar-refractivity contribution in [1.29, 1.82) is 0 Å². The minimum Gasteiger partial charge on any atom is -0.469 e. The van der Waals surface area contributed by atoms with Crippen molar-refractivity contribution in [2.75, 3.05) is 7.11 Å². The Kier molecular flexibility index (Phi) is 1.26. The smallest absolute Gasteiger partial charge is 0.309 e. The fourth-order valence-electron chi connectivity index (χ4n) is 1.01. The molecule has 0 aromatic rings. The van der Waals surface area contributed by atoms with Crippen LogP contribution in [0.2, 0.25) is 0 Å². The first-order valence-electron chi connectivity index (χ1n) is 3.16. The number of carbonyl (C=O) groups is 1. The fraction of sp³-hybridized carbons (Fsp3) is 0.857. The molecule has 0 aromatic carbocycles. The first kappa shape index (κ1) is 6.59. The van der Waals surface area contributed by atoms with E-state index in [0.717, 1.165) is 6.42 Å². The Morgan fingerprint density at radius 1 is 1.67 bits per heavy atom. The number of hydrogen-bond donors (Lipinski definition) is 0. The van der Waals surface area contributed by atoms with Gasteiger partial charge in [-0.25, -0.2) is 0 Å². The predicted molar refractivity (Wildman–Crippen MR) is 33.9 cm³/mol. The molecule has 0 N–H and O–H groups in total. The zero-order valence-corrected chi connectivity index (χ0v) is 6.10. The zero-order chi connectivity index (χ0) is 7.07. The molecule has 1 saturated carbocycles. The lowest BCUT2D eigenvalue weighted by molar-refractivity contribution is -0.142. The van der Waals surface area contributed by atoms with E-state index in [0.29, 0.717) is 0 Å². The molecule has 1 atom stereocenters. The molecule has 52 valence electrons. The Morgan fingerprint density at radius 3 is 2.22 bits per heavy atom. The van der Waals surface area contributed by atoms with E-state index in [2.05, 4.69) is 18.6 Å². The molecule has 0 bridgehead atoms. The van der Waals surface area contributed by atoms with Crippen molar-refractivity contribution >= 4 is 5.97 Å². The third kappa shape index (κ3) is 1.07. The zero-order valence-electron chi connectivity index (χ0n) is 6.10. The summed E-state index contributed by atoms with van der Waals surface area (Å²) in [4.78, 5) is 10.8. The second-order valence-electron chi connectivity index (χ2n) is 3.27.